The molecule has 0 atom stereocenters. The molecule has 1 N–H and O–H groups in total. The van der Waals surface area contributed by atoms with E-state index in [0.29, 0.717) is 12.6 Å². The van der Waals surface area contributed by atoms with Crippen LogP contribution in [0.1, 0.15) is 24.1 Å². The predicted octanol–water partition coefficient (Wildman–Crippen LogP) is 3.53. The van der Waals surface area contributed by atoms with Crippen molar-refractivity contribution >= 4 is 11.7 Å². The molecule has 110 valence electrons. The molecule has 1 aliphatic carbocycles. The number of nitrogens with one attached hydrogen (secondary N) is 1. The zero-order valence-corrected chi connectivity index (χ0v) is 12.5. The van der Waals surface area contributed by atoms with E-state index in [0.717, 1.165) is 29.8 Å². The van der Waals surface area contributed by atoms with E-state index in [1.807, 2.05) is 55.4 Å². The van der Waals surface area contributed by atoms with Crippen molar-refractivity contribution in [3.8, 4) is 0 Å². The third kappa shape index (κ3) is 3.10. The normalized spacial score (nSPS) is 14.0. The summed E-state index contributed by atoms with van der Waals surface area (Å²) in [6.45, 7) is 2.67. The first-order chi connectivity index (χ1) is 10.1. The standard InChI is InChI=1S/C17H21N3O/c1-13-6-3-4-8-16(13)18-17(21)20(14-9-10-14)12-15-7-5-11-19(15)2/h3-8,11,14H,9-10,12H2,1-2H3,(H,18,21). The molecule has 0 bridgehead atoms. The van der Waals surface area contributed by atoms with E-state index in [2.05, 4.69) is 16.0 Å². The molecule has 2 aromatic rings. The number of carbonyl (C=O) groups excluding carboxylic acids is 1. The lowest BCUT2D eigenvalue weighted by molar-refractivity contribution is 0.205. The molecule has 1 fully saturated rings. The largest absolute Gasteiger partial charge is 0.353 e. The van der Waals surface area contributed by atoms with E-state index in [1.165, 1.54) is 0 Å². The van der Waals surface area contributed by atoms with Gasteiger partial charge in [-0.05, 0) is 43.5 Å². The van der Waals surface area contributed by atoms with Gasteiger partial charge in [-0.3, -0.25) is 0 Å². The molecular formula is C17H21N3O. The highest BCUT2D eigenvalue weighted by atomic mass is 16.2. The maximum Gasteiger partial charge on any atom is 0.322 e. The third-order valence-corrected chi connectivity index (χ3v) is 4.02. The number of aryl methyl sites for hydroxylation is 2. The van der Waals surface area contributed by atoms with E-state index in [9.17, 15) is 4.79 Å². The number of aromatic nitrogens is 1. The van der Waals surface area contributed by atoms with Crippen molar-refractivity contribution in [3.05, 3.63) is 53.9 Å². The van der Waals surface area contributed by atoms with Crippen LogP contribution < -0.4 is 5.32 Å². The Morgan fingerprint density at radius 1 is 1.29 bits per heavy atom. The van der Waals surface area contributed by atoms with Gasteiger partial charge in [0.1, 0.15) is 0 Å². The Bertz CT molecular complexity index is 643. The summed E-state index contributed by atoms with van der Waals surface area (Å²) in [5.41, 5.74) is 3.13. The zero-order valence-electron chi connectivity index (χ0n) is 12.5. The molecule has 0 spiro atoms. The van der Waals surface area contributed by atoms with Gasteiger partial charge in [0.2, 0.25) is 0 Å². The van der Waals surface area contributed by atoms with Gasteiger partial charge >= 0.3 is 6.03 Å². The highest BCUT2D eigenvalue weighted by Gasteiger charge is 2.33. The molecule has 1 aliphatic rings. The van der Waals surface area contributed by atoms with Gasteiger partial charge in [0, 0.05) is 30.7 Å². The summed E-state index contributed by atoms with van der Waals surface area (Å²) < 4.78 is 2.07. The molecule has 0 saturated heterocycles. The van der Waals surface area contributed by atoms with Gasteiger partial charge in [-0.15, -0.1) is 0 Å². The van der Waals surface area contributed by atoms with E-state index < -0.39 is 0 Å². The Morgan fingerprint density at radius 2 is 2.05 bits per heavy atom. The summed E-state index contributed by atoms with van der Waals surface area (Å²) in [5, 5.41) is 3.04. The lowest BCUT2D eigenvalue weighted by Gasteiger charge is -2.23. The lowest BCUT2D eigenvalue weighted by Crippen LogP contribution is -2.36. The molecule has 4 heteroatoms. The molecule has 2 amide bonds. The number of hydrogen-bond acceptors (Lipinski definition) is 1. The van der Waals surface area contributed by atoms with E-state index in [4.69, 9.17) is 0 Å². The van der Waals surface area contributed by atoms with Crippen molar-refractivity contribution < 1.29 is 4.79 Å². The number of benzene rings is 1. The summed E-state index contributed by atoms with van der Waals surface area (Å²) in [4.78, 5) is 14.5. The lowest BCUT2D eigenvalue weighted by atomic mass is 10.2. The van der Waals surface area contributed by atoms with Crippen LogP contribution in [0.3, 0.4) is 0 Å². The van der Waals surface area contributed by atoms with Gasteiger partial charge in [-0.2, -0.15) is 0 Å². The average Bonchev–Trinajstić information content (AvgIpc) is 3.22. The number of amides is 2. The second kappa shape index (κ2) is 5.64. The average molecular weight is 283 g/mol. The van der Waals surface area contributed by atoms with Crippen LogP contribution in [0.4, 0.5) is 10.5 Å². The molecule has 1 aromatic carbocycles. The topological polar surface area (TPSA) is 37.3 Å². The first-order valence-corrected chi connectivity index (χ1v) is 7.38. The molecule has 0 radical (unpaired) electrons. The molecule has 1 saturated carbocycles. The molecule has 4 nitrogen and oxygen atoms in total. The first kappa shape index (κ1) is 13.7. The van der Waals surface area contributed by atoms with Crippen molar-refractivity contribution in [3.63, 3.8) is 0 Å². The molecule has 0 aliphatic heterocycles. The van der Waals surface area contributed by atoms with Crippen LogP contribution >= 0.6 is 0 Å². The van der Waals surface area contributed by atoms with Gasteiger partial charge < -0.3 is 14.8 Å². The van der Waals surface area contributed by atoms with Crippen molar-refractivity contribution in [2.24, 2.45) is 7.05 Å². The smallest absolute Gasteiger partial charge is 0.322 e. The number of urea groups is 1. The van der Waals surface area contributed by atoms with Crippen molar-refractivity contribution in [2.45, 2.75) is 32.4 Å². The fourth-order valence-electron chi connectivity index (χ4n) is 2.49. The number of para-hydroxylation sites is 1. The Balaban J connectivity index is 1.74. The van der Waals surface area contributed by atoms with E-state index >= 15 is 0 Å². The fraction of sp³-hybridized carbons (Fsp3) is 0.353. The molecular weight excluding hydrogens is 262 g/mol. The third-order valence-electron chi connectivity index (χ3n) is 4.02. The van der Waals surface area contributed by atoms with Crippen LogP contribution in [0, 0.1) is 6.92 Å². The summed E-state index contributed by atoms with van der Waals surface area (Å²) in [6, 6.07) is 12.3. The van der Waals surface area contributed by atoms with Gasteiger partial charge in [0.15, 0.2) is 0 Å². The summed E-state index contributed by atoms with van der Waals surface area (Å²) in [7, 11) is 2.01. The molecule has 0 unspecified atom stereocenters. The van der Waals surface area contributed by atoms with E-state index in [1.54, 1.807) is 0 Å². The SMILES string of the molecule is Cc1ccccc1NC(=O)N(Cc1cccn1C)C1CC1. The fourth-order valence-corrected chi connectivity index (χ4v) is 2.49. The second-order valence-electron chi connectivity index (χ2n) is 5.71. The minimum Gasteiger partial charge on any atom is -0.353 e. The molecule has 1 aromatic heterocycles. The Labute approximate surface area is 125 Å². The zero-order chi connectivity index (χ0) is 14.8. The number of carbonyl (C=O) groups is 1. The summed E-state index contributed by atoms with van der Waals surface area (Å²) >= 11 is 0. The quantitative estimate of drug-likeness (QED) is 0.915. The summed E-state index contributed by atoms with van der Waals surface area (Å²) in [5.74, 6) is 0. The van der Waals surface area contributed by atoms with Gasteiger partial charge in [-0.1, -0.05) is 18.2 Å². The van der Waals surface area contributed by atoms with E-state index in [-0.39, 0.29) is 6.03 Å². The maximum absolute atomic E-state index is 12.6. The van der Waals surface area contributed by atoms with Crippen molar-refractivity contribution in [1.29, 1.82) is 0 Å². The Hall–Kier alpha value is -2.23. The highest BCUT2D eigenvalue weighted by molar-refractivity contribution is 5.90. The Kier molecular flexibility index (Phi) is 3.69. The monoisotopic (exact) mass is 283 g/mol. The summed E-state index contributed by atoms with van der Waals surface area (Å²) in [6.07, 6.45) is 4.22. The minimum absolute atomic E-state index is 0.00648. The van der Waals surface area contributed by atoms with Crippen molar-refractivity contribution in [2.75, 3.05) is 5.32 Å². The van der Waals surface area contributed by atoms with Crippen LogP contribution in [-0.4, -0.2) is 21.5 Å². The van der Waals surface area contributed by atoms with Crippen LogP contribution in [0.2, 0.25) is 0 Å². The number of rotatable bonds is 4. The number of anilines is 1. The molecule has 3 rings (SSSR count). The number of hydrogen-bond donors (Lipinski definition) is 1. The second-order valence-corrected chi connectivity index (χ2v) is 5.71. The minimum atomic E-state index is -0.00648. The molecule has 1 heterocycles. The Morgan fingerprint density at radius 3 is 2.67 bits per heavy atom. The highest BCUT2D eigenvalue weighted by Crippen LogP contribution is 2.29. The van der Waals surface area contributed by atoms with Gasteiger partial charge in [0.05, 0.1) is 6.54 Å². The number of nitrogens with zero attached hydrogens (tertiary/aromatic N) is 2. The maximum atomic E-state index is 12.6. The van der Waals surface area contributed by atoms with Gasteiger partial charge in [-0.25, -0.2) is 4.79 Å². The van der Waals surface area contributed by atoms with Gasteiger partial charge in [0.25, 0.3) is 0 Å². The van der Waals surface area contributed by atoms with Crippen LogP contribution in [0.5, 0.6) is 0 Å². The first-order valence-electron chi connectivity index (χ1n) is 7.38. The molecule has 21 heavy (non-hydrogen) atoms. The van der Waals surface area contributed by atoms with Crippen LogP contribution in [0.25, 0.3) is 0 Å². The van der Waals surface area contributed by atoms with Crippen molar-refractivity contribution in [1.82, 2.24) is 9.47 Å². The van der Waals surface area contributed by atoms with Crippen LogP contribution in [-0.2, 0) is 13.6 Å². The predicted molar refractivity (Wildman–Crippen MR) is 84.2 cm³/mol. The van der Waals surface area contributed by atoms with Crippen LogP contribution in [0.15, 0.2) is 42.6 Å².